The highest BCUT2D eigenvalue weighted by molar-refractivity contribution is 5.67. The summed E-state index contributed by atoms with van der Waals surface area (Å²) in [6.07, 6.45) is 0.909. The van der Waals surface area contributed by atoms with E-state index in [1.165, 1.54) is 33.6 Å². The number of rotatable bonds is 4. The number of benzene rings is 2. The molecule has 0 aliphatic heterocycles. The summed E-state index contributed by atoms with van der Waals surface area (Å²) in [5.74, 6) is 0. The molecule has 2 aromatic carbocycles. The average Bonchev–Trinajstić information content (AvgIpc) is 2.37. The zero-order valence-electron chi connectivity index (χ0n) is 12.9. The summed E-state index contributed by atoms with van der Waals surface area (Å²) in [6.45, 7) is 7.08. The highest BCUT2D eigenvalue weighted by Crippen LogP contribution is 2.29. The molecule has 0 unspecified atom stereocenters. The second-order valence-electron chi connectivity index (χ2n) is 5.58. The van der Waals surface area contributed by atoms with Gasteiger partial charge in [0, 0.05) is 18.4 Å². The molecule has 0 fully saturated rings. The Morgan fingerprint density at radius 3 is 2.15 bits per heavy atom. The SMILES string of the molecule is Cc1cc(C)cc(N(C)c2ccc(C)cc2CCN)c1. The van der Waals surface area contributed by atoms with E-state index in [4.69, 9.17) is 5.73 Å². The summed E-state index contributed by atoms with van der Waals surface area (Å²) in [5.41, 5.74) is 13.4. The van der Waals surface area contributed by atoms with E-state index < -0.39 is 0 Å². The van der Waals surface area contributed by atoms with Crippen molar-refractivity contribution in [2.45, 2.75) is 27.2 Å². The number of hydrogen-bond donors (Lipinski definition) is 1. The van der Waals surface area contributed by atoms with Crippen LogP contribution in [0.4, 0.5) is 11.4 Å². The van der Waals surface area contributed by atoms with Gasteiger partial charge >= 0.3 is 0 Å². The van der Waals surface area contributed by atoms with Gasteiger partial charge in [-0.15, -0.1) is 0 Å². The zero-order valence-corrected chi connectivity index (χ0v) is 12.9. The van der Waals surface area contributed by atoms with E-state index in [0.29, 0.717) is 6.54 Å². The third-order valence-corrected chi connectivity index (χ3v) is 3.60. The molecule has 0 heterocycles. The monoisotopic (exact) mass is 268 g/mol. The van der Waals surface area contributed by atoms with Crippen molar-refractivity contribution >= 4 is 11.4 Å². The Bertz CT molecular complexity index is 582. The molecule has 0 aliphatic carbocycles. The fourth-order valence-electron chi connectivity index (χ4n) is 2.68. The van der Waals surface area contributed by atoms with Crippen molar-refractivity contribution in [1.82, 2.24) is 0 Å². The van der Waals surface area contributed by atoms with Gasteiger partial charge < -0.3 is 10.6 Å². The van der Waals surface area contributed by atoms with E-state index in [9.17, 15) is 0 Å². The molecule has 0 saturated heterocycles. The second kappa shape index (κ2) is 6.10. The van der Waals surface area contributed by atoms with Gasteiger partial charge in [0.25, 0.3) is 0 Å². The van der Waals surface area contributed by atoms with Crippen LogP contribution in [0.25, 0.3) is 0 Å². The fraction of sp³-hybridized carbons (Fsp3) is 0.333. The lowest BCUT2D eigenvalue weighted by Gasteiger charge is -2.24. The van der Waals surface area contributed by atoms with Crippen LogP contribution in [0.1, 0.15) is 22.3 Å². The van der Waals surface area contributed by atoms with E-state index in [1.807, 2.05) is 0 Å². The van der Waals surface area contributed by atoms with Crippen LogP contribution in [0.3, 0.4) is 0 Å². The van der Waals surface area contributed by atoms with Gasteiger partial charge in [-0.2, -0.15) is 0 Å². The number of aryl methyl sites for hydroxylation is 3. The average molecular weight is 268 g/mol. The first-order valence-electron chi connectivity index (χ1n) is 7.13. The van der Waals surface area contributed by atoms with Crippen LogP contribution in [-0.2, 0) is 6.42 Å². The lowest BCUT2D eigenvalue weighted by molar-refractivity contribution is 0.958. The maximum atomic E-state index is 5.75. The maximum Gasteiger partial charge on any atom is 0.0441 e. The zero-order chi connectivity index (χ0) is 14.7. The van der Waals surface area contributed by atoms with E-state index in [-0.39, 0.29) is 0 Å². The van der Waals surface area contributed by atoms with E-state index in [1.54, 1.807) is 0 Å². The van der Waals surface area contributed by atoms with Crippen molar-refractivity contribution in [2.75, 3.05) is 18.5 Å². The van der Waals surface area contributed by atoms with Gasteiger partial charge in [0.2, 0.25) is 0 Å². The van der Waals surface area contributed by atoms with Gasteiger partial charge in [-0.05, 0) is 68.6 Å². The quantitative estimate of drug-likeness (QED) is 0.911. The fourth-order valence-corrected chi connectivity index (χ4v) is 2.68. The van der Waals surface area contributed by atoms with Gasteiger partial charge in [0.1, 0.15) is 0 Å². The van der Waals surface area contributed by atoms with Gasteiger partial charge in [-0.3, -0.25) is 0 Å². The molecule has 2 nitrogen and oxygen atoms in total. The lowest BCUT2D eigenvalue weighted by Crippen LogP contribution is -2.14. The van der Waals surface area contributed by atoms with Crippen molar-refractivity contribution in [3.8, 4) is 0 Å². The molecule has 0 aliphatic rings. The molecule has 2 heteroatoms. The van der Waals surface area contributed by atoms with Crippen LogP contribution in [0, 0.1) is 20.8 Å². The first kappa shape index (κ1) is 14.6. The minimum atomic E-state index is 0.678. The molecule has 2 rings (SSSR count). The molecular formula is C18H24N2. The minimum Gasteiger partial charge on any atom is -0.344 e. The third kappa shape index (κ3) is 3.20. The number of hydrogen-bond acceptors (Lipinski definition) is 2. The normalized spacial score (nSPS) is 10.7. The standard InChI is InChI=1S/C18H24N2/c1-13-5-6-18(16(10-13)7-8-19)20(4)17-11-14(2)9-15(3)12-17/h5-6,9-12H,7-8,19H2,1-4H3. The Labute approximate surface area is 122 Å². The molecule has 106 valence electrons. The molecule has 2 aromatic rings. The molecule has 0 aromatic heterocycles. The van der Waals surface area contributed by atoms with E-state index in [0.717, 1.165) is 6.42 Å². The first-order chi connectivity index (χ1) is 9.51. The van der Waals surface area contributed by atoms with Crippen LogP contribution >= 0.6 is 0 Å². The molecule has 0 amide bonds. The maximum absolute atomic E-state index is 5.75. The second-order valence-corrected chi connectivity index (χ2v) is 5.58. The minimum absolute atomic E-state index is 0.678. The lowest BCUT2D eigenvalue weighted by atomic mass is 10.0. The first-order valence-corrected chi connectivity index (χ1v) is 7.13. The summed E-state index contributed by atoms with van der Waals surface area (Å²) >= 11 is 0. The van der Waals surface area contributed by atoms with E-state index >= 15 is 0 Å². The molecule has 0 radical (unpaired) electrons. The Balaban J connectivity index is 2.44. The predicted octanol–water partition coefficient (Wildman–Crippen LogP) is 3.88. The summed E-state index contributed by atoms with van der Waals surface area (Å²) in [7, 11) is 2.12. The van der Waals surface area contributed by atoms with Crippen molar-refractivity contribution in [3.05, 3.63) is 58.7 Å². The molecule has 0 spiro atoms. The van der Waals surface area contributed by atoms with Gasteiger partial charge in [0.05, 0.1) is 0 Å². The van der Waals surface area contributed by atoms with Crippen molar-refractivity contribution in [1.29, 1.82) is 0 Å². The Hall–Kier alpha value is -1.80. The van der Waals surface area contributed by atoms with Crippen LogP contribution < -0.4 is 10.6 Å². The predicted molar refractivity (Wildman–Crippen MR) is 87.9 cm³/mol. The summed E-state index contributed by atoms with van der Waals surface area (Å²) in [5, 5.41) is 0. The summed E-state index contributed by atoms with van der Waals surface area (Å²) < 4.78 is 0. The summed E-state index contributed by atoms with van der Waals surface area (Å²) in [6, 6.07) is 13.2. The van der Waals surface area contributed by atoms with Gasteiger partial charge in [-0.25, -0.2) is 0 Å². The van der Waals surface area contributed by atoms with Crippen LogP contribution in [-0.4, -0.2) is 13.6 Å². The molecule has 0 atom stereocenters. The molecular weight excluding hydrogens is 244 g/mol. The smallest absolute Gasteiger partial charge is 0.0441 e. The number of nitrogens with two attached hydrogens (primary N) is 1. The summed E-state index contributed by atoms with van der Waals surface area (Å²) in [4.78, 5) is 2.25. The Morgan fingerprint density at radius 1 is 0.900 bits per heavy atom. The van der Waals surface area contributed by atoms with Crippen LogP contribution in [0.5, 0.6) is 0 Å². The van der Waals surface area contributed by atoms with Crippen LogP contribution in [0.2, 0.25) is 0 Å². The van der Waals surface area contributed by atoms with Crippen LogP contribution in [0.15, 0.2) is 36.4 Å². The van der Waals surface area contributed by atoms with Crippen molar-refractivity contribution in [2.24, 2.45) is 5.73 Å². The topological polar surface area (TPSA) is 29.3 Å². The Kier molecular flexibility index (Phi) is 4.46. The number of nitrogens with zero attached hydrogens (tertiary/aromatic N) is 1. The highest BCUT2D eigenvalue weighted by Gasteiger charge is 2.10. The molecule has 0 saturated carbocycles. The molecule has 2 N–H and O–H groups in total. The molecule has 0 bridgehead atoms. The van der Waals surface area contributed by atoms with Crippen molar-refractivity contribution in [3.63, 3.8) is 0 Å². The highest BCUT2D eigenvalue weighted by atomic mass is 15.1. The largest absolute Gasteiger partial charge is 0.344 e. The van der Waals surface area contributed by atoms with Gasteiger partial charge in [-0.1, -0.05) is 23.8 Å². The molecule has 20 heavy (non-hydrogen) atoms. The van der Waals surface area contributed by atoms with Gasteiger partial charge in [0.15, 0.2) is 0 Å². The van der Waals surface area contributed by atoms with Crippen molar-refractivity contribution < 1.29 is 0 Å². The van der Waals surface area contributed by atoms with E-state index in [2.05, 4.69) is 69.1 Å². The Morgan fingerprint density at radius 2 is 1.55 bits per heavy atom. The third-order valence-electron chi connectivity index (χ3n) is 3.60. The number of anilines is 2.